The number of aromatic nitrogens is 1. The van der Waals surface area contributed by atoms with Crippen LogP contribution in [0.1, 0.15) is 106 Å². The minimum atomic E-state index is -3.87. The van der Waals surface area contributed by atoms with E-state index in [1.165, 1.54) is 32.9 Å². The highest BCUT2D eigenvalue weighted by molar-refractivity contribution is 7.94. The van der Waals surface area contributed by atoms with Crippen LogP contribution in [0, 0.1) is 0 Å². The first-order valence-corrected chi connectivity index (χ1v) is 15.3. The third kappa shape index (κ3) is 7.62. The summed E-state index contributed by atoms with van der Waals surface area (Å²) in [5.41, 5.74) is 2.52. The van der Waals surface area contributed by atoms with E-state index in [0.717, 1.165) is 46.4 Å². The fourth-order valence-electron chi connectivity index (χ4n) is 4.60. The van der Waals surface area contributed by atoms with Gasteiger partial charge in [-0.25, -0.2) is 18.7 Å². The normalized spacial score (nSPS) is 16.1. The lowest BCUT2D eigenvalue weighted by Crippen LogP contribution is -2.29. The van der Waals surface area contributed by atoms with Gasteiger partial charge in [0.2, 0.25) is 0 Å². The Bertz CT molecular complexity index is 1250. The minimum Gasteiger partial charge on any atom is -0.464 e. The van der Waals surface area contributed by atoms with Gasteiger partial charge < -0.3 is 14.9 Å². The maximum absolute atomic E-state index is 13.6. The molecule has 1 aliphatic carbocycles. The smallest absolute Gasteiger partial charge is 0.417 e. The zero-order valence-electron chi connectivity index (χ0n) is 22.9. The Hall–Kier alpha value is -2.34. The van der Waals surface area contributed by atoms with Crippen LogP contribution in [0.5, 0.6) is 0 Å². The molecule has 2 aromatic rings. The third-order valence-corrected chi connectivity index (χ3v) is 10.1. The fraction of sp³-hybridized carbons (Fsp3) is 0.593. The van der Waals surface area contributed by atoms with Gasteiger partial charge in [-0.3, -0.25) is 4.79 Å². The first-order chi connectivity index (χ1) is 17.7. The minimum absolute atomic E-state index is 0.0436. The number of hydrogen-bond donors (Lipinski definition) is 3. The molecule has 3 N–H and O–H groups in total. The van der Waals surface area contributed by atoms with Crippen LogP contribution < -0.4 is 4.72 Å². The first kappa shape index (κ1) is 30.2. The van der Waals surface area contributed by atoms with Crippen LogP contribution in [-0.2, 0) is 38.1 Å². The molecular weight excluding hydrogens is 526 g/mol. The lowest BCUT2D eigenvalue weighted by molar-refractivity contribution is -0.117. The number of ether oxygens (including phenoxy) is 1. The SMILES string of the molecule is CC(C)c1cc(COC2CCCC2)cc(C(C)C)c1CC(=O)N=S(=O)(NC(=O)O)c1cnc(C(C)(C)O)s1. The van der Waals surface area contributed by atoms with E-state index in [2.05, 4.69) is 49.2 Å². The molecule has 1 aromatic heterocycles. The van der Waals surface area contributed by atoms with E-state index < -0.39 is 27.5 Å². The predicted octanol–water partition coefficient (Wildman–Crippen LogP) is 5.86. The highest BCUT2D eigenvalue weighted by Gasteiger charge is 2.27. The number of thiazole rings is 1. The number of rotatable bonds is 10. The number of carbonyl (C=O) groups is 2. The molecule has 1 heterocycles. The number of amides is 2. The highest BCUT2D eigenvalue weighted by Crippen LogP contribution is 2.32. The van der Waals surface area contributed by atoms with Crippen molar-refractivity contribution < 1.29 is 28.7 Å². The van der Waals surface area contributed by atoms with Crippen molar-refractivity contribution >= 4 is 33.3 Å². The average molecular weight is 566 g/mol. The molecule has 1 aliphatic rings. The summed E-state index contributed by atoms with van der Waals surface area (Å²) in [6, 6.07) is 4.14. The van der Waals surface area contributed by atoms with E-state index in [-0.39, 0.29) is 27.5 Å². The van der Waals surface area contributed by atoms with Crippen LogP contribution in [0.15, 0.2) is 26.9 Å². The van der Waals surface area contributed by atoms with E-state index in [9.17, 15) is 24.0 Å². The van der Waals surface area contributed by atoms with Crippen LogP contribution in [-0.4, -0.2) is 37.5 Å². The van der Waals surface area contributed by atoms with Crippen molar-refractivity contribution in [2.24, 2.45) is 4.36 Å². The monoisotopic (exact) mass is 565 g/mol. The zero-order chi connectivity index (χ0) is 28.3. The molecule has 1 aromatic carbocycles. The van der Waals surface area contributed by atoms with Gasteiger partial charge in [0.05, 0.1) is 25.3 Å². The predicted molar refractivity (Wildman–Crippen MR) is 148 cm³/mol. The lowest BCUT2D eigenvalue weighted by Gasteiger charge is -2.22. The summed E-state index contributed by atoms with van der Waals surface area (Å²) in [6.45, 7) is 11.7. The molecule has 0 radical (unpaired) electrons. The van der Waals surface area contributed by atoms with Crippen LogP contribution in [0.2, 0.25) is 0 Å². The van der Waals surface area contributed by atoms with E-state index in [1.807, 2.05) is 4.72 Å². The average Bonchev–Trinajstić information content (AvgIpc) is 3.49. The second-order valence-corrected chi connectivity index (χ2v) is 14.1. The Morgan fingerprint density at radius 2 is 1.76 bits per heavy atom. The number of carbonyl (C=O) groups excluding carboxylic acids is 1. The summed E-state index contributed by atoms with van der Waals surface area (Å²) < 4.78 is 25.5. The number of benzene rings is 1. The molecule has 0 spiro atoms. The summed E-state index contributed by atoms with van der Waals surface area (Å²) in [5, 5.41) is 19.8. The summed E-state index contributed by atoms with van der Waals surface area (Å²) in [7, 11) is -3.87. The largest absolute Gasteiger partial charge is 0.464 e. The van der Waals surface area contributed by atoms with Crippen molar-refractivity contribution in [1.82, 2.24) is 9.71 Å². The maximum atomic E-state index is 13.6. The molecule has 0 aliphatic heterocycles. The molecule has 1 unspecified atom stereocenters. The second kappa shape index (κ2) is 12.2. The van der Waals surface area contributed by atoms with Crippen LogP contribution in [0.3, 0.4) is 0 Å². The Labute approximate surface area is 229 Å². The summed E-state index contributed by atoms with van der Waals surface area (Å²) in [4.78, 5) is 28.8. The molecule has 38 heavy (non-hydrogen) atoms. The number of nitrogens with one attached hydrogen (secondary N) is 1. The molecule has 1 saturated carbocycles. The van der Waals surface area contributed by atoms with E-state index in [0.29, 0.717) is 12.7 Å². The topological polar surface area (TPSA) is 138 Å². The molecule has 11 heteroatoms. The summed E-state index contributed by atoms with van der Waals surface area (Å²) in [6.07, 6.45) is 4.34. The van der Waals surface area contributed by atoms with E-state index in [4.69, 9.17) is 4.74 Å². The van der Waals surface area contributed by atoms with Gasteiger partial charge in [-0.15, -0.1) is 15.7 Å². The third-order valence-electron chi connectivity index (χ3n) is 6.48. The van der Waals surface area contributed by atoms with E-state index >= 15 is 0 Å². The van der Waals surface area contributed by atoms with Crippen molar-refractivity contribution in [1.29, 1.82) is 0 Å². The Balaban J connectivity index is 1.98. The Morgan fingerprint density at radius 1 is 1.18 bits per heavy atom. The second-order valence-electron chi connectivity index (χ2n) is 10.9. The lowest BCUT2D eigenvalue weighted by atomic mass is 9.85. The van der Waals surface area contributed by atoms with Gasteiger partial charge in [0.25, 0.3) is 5.91 Å². The van der Waals surface area contributed by atoms with Gasteiger partial charge in [-0.05, 0) is 60.8 Å². The quantitative estimate of drug-likeness (QED) is 0.328. The number of carboxylic acid groups (broad SMARTS) is 1. The molecule has 1 atom stereocenters. The molecule has 9 nitrogen and oxygen atoms in total. The number of aliphatic hydroxyl groups is 1. The van der Waals surface area contributed by atoms with Crippen molar-refractivity contribution in [3.8, 4) is 0 Å². The van der Waals surface area contributed by atoms with Crippen molar-refractivity contribution in [2.75, 3.05) is 0 Å². The maximum Gasteiger partial charge on any atom is 0.417 e. The highest BCUT2D eigenvalue weighted by atomic mass is 32.2. The molecule has 3 rings (SSSR count). The van der Waals surface area contributed by atoms with Crippen molar-refractivity contribution in [3.05, 3.63) is 45.6 Å². The molecular formula is C27H39N3O6S2. The van der Waals surface area contributed by atoms with Crippen molar-refractivity contribution in [3.63, 3.8) is 0 Å². The van der Waals surface area contributed by atoms with Crippen molar-refractivity contribution in [2.45, 2.75) is 108 Å². The van der Waals surface area contributed by atoms with Crippen LogP contribution in [0.4, 0.5) is 4.79 Å². The van der Waals surface area contributed by atoms with Gasteiger partial charge in [0, 0.05) is 0 Å². The zero-order valence-corrected chi connectivity index (χ0v) is 24.6. The first-order valence-electron chi connectivity index (χ1n) is 13.0. The summed E-state index contributed by atoms with van der Waals surface area (Å²) >= 11 is 0.849. The summed E-state index contributed by atoms with van der Waals surface area (Å²) in [5.74, 6) is -0.487. The van der Waals surface area contributed by atoms with Crippen LogP contribution >= 0.6 is 11.3 Å². The van der Waals surface area contributed by atoms with Gasteiger partial charge >= 0.3 is 6.09 Å². The molecule has 0 saturated heterocycles. The molecule has 2 amide bonds. The Morgan fingerprint density at radius 3 is 2.24 bits per heavy atom. The molecule has 1 fully saturated rings. The van der Waals surface area contributed by atoms with Gasteiger partial charge in [0.1, 0.15) is 14.8 Å². The standard InChI is InChI=1S/C27H39N3O6S2/c1-16(2)20-11-18(15-36-19-9-7-8-10-19)12-21(17(3)4)22(20)13-23(31)29-38(35,30-26(32)33)24-14-28-25(37-24)27(5,6)34/h11-12,14,16-17,19,34H,7-10,13,15H2,1-6H3,(H,32,33)(H,29,30,31,35). The Kier molecular flexibility index (Phi) is 9.72. The number of nitrogens with zero attached hydrogens (tertiary/aromatic N) is 2. The van der Waals surface area contributed by atoms with Gasteiger partial charge in [-0.1, -0.05) is 52.7 Å². The van der Waals surface area contributed by atoms with Gasteiger partial charge in [-0.2, -0.15) is 0 Å². The van der Waals surface area contributed by atoms with E-state index in [1.54, 1.807) is 0 Å². The molecule has 210 valence electrons. The number of hydrogen-bond acceptors (Lipinski definition) is 7. The van der Waals surface area contributed by atoms with Gasteiger partial charge in [0.15, 0.2) is 9.92 Å². The fourth-order valence-corrected chi connectivity index (χ4v) is 7.20. The van der Waals surface area contributed by atoms with Crippen LogP contribution in [0.25, 0.3) is 0 Å². The molecule has 0 bridgehead atoms.